The van der Waals surface area contributed by atoms with Gasteiger partial charge < -0.3 is 15.4 Å². The standard InChI is InChI=1S/C10H13F3N2O4/c1-19-8(17)6-5(7(16)15-6)3-2-4-14-9(18)10(11,12)13/h5-6H,2-4H2,1H3,(H,14,18)(H,15,16)/t5-,6+/m1/s1. The largest absolute Gasteiger partial charge is 0.471 e. The Hall–Kier alpha value is -1.80. The zero-order valence-electron chi connectivity index (χ0n) is 10.0. The van der Waals surface area contributed by atoms with E-state index >= 15 is 0 Å². The van der Waals surface area contributed by atoms with Gasteiger partial charge in [-0.15, -0.1) is 0 Å². The Balaban J connectivity index is 2.28. The molecule has 0 bridgehead atoms. The first kappa shape index (κ1) is 15.3. The number of alkyl halides is 3. The van der Waals surface area contributed by atoms with Crippen molar-refractivity contribution in [2.75, 3.05) is 13.7 Å². The molecule has 0 saturated carbocycles. The van der Waals surface area contributed by atoms with Crippen LogP contribution in [-0.4, -0.2) is 43.7 Å². The van der Waals surface area contributed by atoms with E-state index in [1.54, 1.807) is 5.32 Å². The second-order valence-electron chi connectivity index (χ2n) is 4.01. The van der Waals surface area contributed by atoms with Crippen molar-refractivity contribution in [3.05, 3.63) is 0 Å². The Morgan fingerprint density at radius 3 is 2.53 bits per heavy atom. The van der Waals surface area contributed by atoms with Gasteiger partial charge in [-0.1, -0.05) is 0 Å². The van der Waals surface area contributed by atoms with Crippen molar-refractivity contribution in [2.24, 2.45) is 5.92 Å². The molecule has 108 valence electrons. The van der Waals surface area contributed by atoms with E-state index in [0.717, 1.165) is 0 Å². The normalized spacial score (nSPS) is 22.2. The second kappa shape index (κ2) is 5.89. The van der Waals surface area contributed by atoms with Crippen molar-refractivity contribution >= 4 is 17.8 Å². The summed E-state index contributed by atoms with van der Waals surface area (Å²) in [6, 6.07) is -0.754. The lowest BCUT2D eigenvalue weighted by atomic mass is 9.86. The Morgan fingerprint density at radius 2 is 2.05 bits per heavy atom. The van der Waals surface area contributed by atoms with E-state index in [1.165, 1.54) is 7.11 Å². The summed E-state index contributed by atoms with van der Waals surface area (Å²) < 4.78 is 40.0. The zero-order valence-corrected chi connectivity index (χ0v) is 10.0. The number of rotatable bonds is 5. The molecular weight excluding hydrogens is 269 g/mol. The summed E-state index contributed by atoms with van der Waals surface area (Å²) in [5.74, 6) is -3.58. The van der Waals surface area contributed by atoms with Crippen LogP contribution in [0, 0.1) is 5.92 Å². The summed E-state index contributed by atoms with van der Waals surface area (Å²) in [5, 5.41) is 4.02. The van der Waals surface area contributed by atoms with Crippen LogP contribution in [-0.2, 0) is 19.1 Å². The van der Waals surface area contributed by atoms with E-state index in [2.05, 4.69) is 10.1 Å². The average molecular weight is 282 g/mol. The van der Waals surface area contributed by atoms with Crippen molar-refractivity contribution in [3.8, 4) is 0 Å². The Kier molecular flexibility index (Phi) is 4.73. The number of β-lactam (4-membered cyclic amide) rings is 1. The maximum atomic E-state index is 11.9. The molecule has 0 radical (unpaired) electrons. The van der Waals surface area contributed by atoms with Crippen molar-refractivity contribution in [2.45, 2.75) is 25.1 Å². The lowest BCUT2D eigenvalue weighted by Gasteiger charge is -2.34. The molecule has 1 fully saturated rings. The van der Waals surface area contributed by atoms with Gasteiger partial charge in [-0.25, -0.2) is 4.79 Å². The molecule has 1 rings (SSSR count). The van der Waals surface area contributed by atoms with Crippen molar-refractivity contribution in [1.82, 2.24) is 10.6 Å². The van der Waals surface area contributed by atoms with Gasteiger partial charge in [-0.2, -0.15) is 13.2 Å². The highest BCUT2D eigenvalue weighted by Gasteiger charge is 2.44. The molecule has 1 saturated heterocycles. The molecule has 0 aliphatic carbocycles. The third-order valence-electron chi connectivity index (χ3n) is 2.73. The van der Waals surface area contributed by atoms with E-state index in [-0.39, 0.29) is 25.3 Å². The number of methoxy groups -OCH3 is 1. The lowest BCUT2D eigenvalue weighted by molar-refractivity contribution is -0.173. The van der Waals surface area contributed by atoms with E-state index in [1.807, 2.05) is 0 Å². The van der Waals surface area contributed by atoms with Gasteiger partial charge in [0, 0.05) is 6.54 Å². The highest BCUT2D eigenvalue weighted by molar-refractivity contribution is 5.97. The number of halogens is 3. The average Bonchev–Trinajstić information content (AvgIpc) is 2.33. The summed E-state index contributed by atoms with van der Waals surface area (Å²) in [5.41, 5.74) is 0. The Morgan fingerprint density at radius 1 is 1.42 bits per heavy atom. The number of ether oxygens (including phenoxy) is 1. The molecule has 0 aromatic carbocycles. The van der Waals surface area contributed by atoms with Gasteiger partial charge in [0.05, 0.1) is 13.0 Å². The molecule has 1 aliphatic rings. The smallest absolute Gasteiger partial charge is 0.467 e. The van der Waals surface area contributed by atoms with Crippen LogP contribution in [0.2, 0.25) is 0 Å². The van der Waals surface area contributed by atoms with Crippen LogP contribution in [0.3, 0.4) is 0 Å². The number of esters is 1. The number of nitrogens with one attached hydrogen (secondary N) is 2. The van der Waals surface area contributed by atoms with Crippen LogP contribution in [0.15, 0.2) is 0 Å². The van der Waals surface area contributed by atoms with Gasteiger partial charge in [-0.05, 0) is 12.8 Å². The fraction of sp³-hybridized carbons (Fsp3) is 0.700. The zero-order chi connectivity index (χ0) is 14.6. The molecular formula is C10H13F3N2O4. The third-order valence-corrected chi connectivity index (χ3v) is 2.73. The van der Waals surface area contributed by atoms with Gasteiger partial charge in [0.1, 0.15) is 6.04 Å². The Bertz CT molecular complexity index is 383. The third kappa shape index (κ3) is 3.83. The van der Waals surface area contributed by atoms with Crippen molar-refractivity contribution in [1.29, 1.82) is 0 Å². The lowest BCUT2D eigenvalue weighted by Crippen LogP contribution is -2.62. The van der Waals surface area contributed by atoms with Gasteiger partial charge in [0.25, 0.3) is 0 Å². The van der Waals surface area contributed by atoms with Gasteiger partial charge in [0.2, 0.25) is 5.91 Å². The highest BCUT2D eigenvalue weighted by Crippen LogP contribution is 2.21. The molecule has 2 atom stereocenters. The molecule has 2 amide bonds. The summed E-state index contributed by atoms with van der Waals surface area (Å²) in [6.45, 7) is -0.212. The van der Waals surface area contributed by atoms with E-state index in [4.69, 9.17) is 0 Å². The van der Waals surface area contributed by atoms with E-state index in [0.29, 0.717) is 0 Å². The maximum Gasteiger partial charge on any atom is 0.471 e. The minimum atomic E-state index is -4.91. The first-order valence-corrected chi connectivity index (χ1v) is 5.50. The molecule has 1 aliphatic heterocycles. The monoisotopic (exact) mass is 282 g/mol. The molecule has 0 spiro atoms. The fourth-order valence-corrected chi connectivity index (χ4v) is 1.69. The molecule has 19 heavy (non-hydrogen) atoms. The predicted molar refractivity (Wildman–Crippen MR) is 55.7 cm³/mol. The number of carbonyl (C=O) groups is 3. The van der Waals surface area contributed by atoms with Crippen LogP contribution in [0.25, 0.3) is 0 Å². The van der Waals surface area contributed by atoms with Crippen LogP contribution >= 0.6 is 0 Å². The molecule has 2 N–H and O–H groups in total. The van der Waals surface area contributed by atoms with Gasteiger partial charge >= 0.3 is 18.1 Å². The molecule has 0 unspecified atom stereocenters. The van der Waals surface area contributed by atoms with Crippen molar-refractivity contribution in [3.63, 3.8) is 0 Å². The second-order valence-corrected chi connectivity index (χ2v) is 4.01. The number of hydrogen-bond donors (Lipinski definition) is 2. The number of carbonyl (C=O) groups excluding carboxylic acids is 3. The van der Waals surface area contributed by atoms with Gasteiger partial charge in [-0.3, -0.25) is 9.59 Å². The minimum Gasteiger partial charge on any atom is -0.467 e. The van der Waals surface area contributed by atoms with E-state index in [9.17, 15) is 27.6 Å². The van der Waals surface area contributed by atoms with Crippen molar-refractivity contribution < 1.29 is 32.3 Å². The predicted octanol–water partition coefficient (Wildman–Crippen LogP) is -0.267. The first-order chi connectivity index (χ1) is 8.77. The SMILES string of the molecule is COC(=O)[C@H]1NC(=O)[C@@H]1CCCNC(=O)C(F)(F)F. The van der Waals surface area contributed by atoms with Crippen LogP contribution in [0.4, 0.5) is 13.2 Å². The quantitative estimate of drug-likeness (QED) is 0.413. The molecule has 0 aromatic rings. The number of amides is 2. The van der Waals surface area contributed by atoms with Crippen LogP contribution < -0.4 is 10.6 Å². The topological polar surface area (TPSA) is 84.5 Å². The highest BCUT2D eigenvalue weighted by atomic mass is 19.4. The molecule has 1 heterocycles. The maximum absolute atomic E-state index is 11.9. The summed E-state index contributed by atoms with van der Waals surface area (Å²) in [7, 11) is 1.17. The molecule has 9 heteroatoms. The Labute approximate surface area is 106 Å². The van der Waals surface area contributed by atoms with E-state index < -0.39 is 30.0 Å². The number of hydrogen-bond acceptors (Lipinski definition) is 4. The summed E-state index contributed by atoms with van der Waals surface area (Å²) in [6.07, 6.45) is -4.56. The molecule has 6 nitrogen and oxygen atoms in total. The van der Waals surface area contributed by atoms with Gasteiger partial charge in [0.15, 0.2) is 0 Å². The summed E-state index contributed by atoms with van der Waals surface area (Å²) in [4.78, 5) is 32.8. The minimum absolute atomic E-state index is 0.160. The summed E-state index contributed by atoms with van der Waals surface area (Å²) >= 11 is 0. The fourth-order valence-electron chi connectivity index (χ4n) is 1.69. The molecule has 0 aromatic heterocycles. The van der Waals surface area contributed by atoms with Crippen LogP contribution in [0.1, 0.15) is 12.8 Å². The van der Waals surface area contributed by atoms with Crippen LogP contribution in [0.5, 0.6) is 0 Å². The first-order valence-electron chi connectivity index (χ1n) is 5.50.